The van der Waals surface area contributed by atoms with E-state index in [4.69, 9.17) is 4.74 Å². The average molecular weight is 393 g/mol. The number of hydrogen-bond donors (Lipinski definition) is 0. The molecule has 1 aromatic carbocycles. The van der Waals surface area contributed by atoms with Gasteiger partial charge >= 0.3 is 6.18 Å². The SMILES string of the molecule is COCCCn1c(C)cc(C(=O)Cn2c(C(F)(F)F)nc3ccccc32)c1C. The predicted molar refractivity (Wildman–Crippen MR) is 99.5 cm³/mol. The molecular formula is C20H22F3N3O2. The Hall–Kier alpha value is -2.61. The van der Waals surface area contributed by atoms with Crippen LogP contribution in [0.2, 0.25) is 0 Å². The molecule has 0 unspecified atom stereocenters. The molecule has 150 valence electrons. The summed E-state index contributed by atoms with van der Waals surface area (Å²) < 4.78 is 48.3. The summed E-state index contributed by atoms with van der Waals surface area (Å²) in [4.78, 5) is 16.6. The number of halogens is 3. The minimum Gasteiger partial charge on any atom is -0.385 e. The number of rotatable bonds is 7. The fourth-order valence-electron chi connectivity index (χ4n) is 3.48. The maximum absolute atomic E-state index is 13.4. The van der Waals surface area contributed by atoms with Crippen molar-refractivity contribution in [2.24, 2.45) is 0 Å². The van der Waals surface area contributed by atoms with Crippen LogP contribution in [0.5, 0.6) is 0 Å². The number of hydrogen-bond acceptors (Lipinski definition) is 3. The lowest BCUT2D eigenvalue weighted by molar-refractivity contribution is -0.146. The van der Waals surface area contributed by atoms with Gasteiger partial charge in [0.1, 0.15) is 0 Å². The molecule has 0 radical (unpaired) electrons. The van der Waals surface area contributed by atoms with Gasteiger partial charge in [0.15, 0.2) is 5.78 Å². The average Bonchev–Trinajstić information content (AvgIpc) is 3.14. The number of aryl methyl sites for hydroxylation is 1. The Morgan fingerprint density at radius 2 is 1.89 bits per heavy atom. The Balaban J connectivity index is 1.95. The van der Waals surface area contributed by atoms with Crippen LogP contribution in [0.4, 0.5) is 13.2 Å². The lowest BCUT2D eigenvalue weighted by Gasteiger charge is -2.12. The molecule has 0 atom stereocenters. The van der Waals surface area contributed by atoms with Gasteiger partial charge in [-0.2, -0.15) is 13.2 Å². The normalized spacial score (nSPS) is 12.1. The summed E-state index contributed by atoms with van der Waals surface area (Å²) in [5, 5.41) is 0. The first kappa shape index (κ1) is 20.1. The van der Waals surface area contributed by atoms with Gasteiger partial charge in [0.05, 0.1) is 17.6 Å². The first-order valence-corrected chi connectivity index (χ1v) is 8.95. The number of Topliss-reactive ketones (excluding diaryl/α,β-unsaturated/α-hetero) is 1. The number of ether oxygens (including phenoxy) is 1. The lowest BCUT2D eigenvalue weighted by Crippen LogP contribution is -2.19. The van der Waals surface area contributed by atoms with Crippen LogP contribution in [0.15, 0.2) is 30.3 Å². The summed E-state index contributed by atoms with van der Waals surface area (Å²) in [5.41, 5.74) is 2.57. The third-order valence-electron chi connectivity index (χ3n) is 4.81. The van der Waals surface area contributed by atoms with Crippen LogP contribution in [-0.2, 0) is 24.0 Å². The molecule has 0 aliphatic heterocycles. The standard InChI is InChI=1S/C20H22F3N3O2/c1-13-11-15(14(2)25(13)9-6-10-28-3)18(27)12-26-17-8-5-4-7-16(17)24-19(26)20(21,22)23/h4-5,7-8,11H,6,9-10,12H2,1-3H3. The van der Waals surface area contributed by atoms with Gasteiger partial charge in [0, 0.05) is 37.2 Å². The van der Waals surface area contributed by atoms with Crippen molar-refractivity contribution in [3.63, 3.8) is 0 Å². The molecule has 0 aliphatic carbocycles. The quantitative estimate of drug-likeness (QED) is 0.442. The van der Waals surface area contributed by atoms with Crippen molar-refractivity contribution in [3.05, 3.63) is 53.1 Å². The molecule has 0 aliphatic rings. The third-order valence-corrected chi connectivity index (χ3v) is 4.81. The molecule has 0 amide bonds. The fraction of sp³-hybridized carbons (Fsp3) is 0.400. The first-order valence-electron chi connectivity index (χ1n) is 8.95. The van der Waals surface area contributed by atoms with Crippen LogP contribution in [0.25, 0.3) is 11.0 Å². The molecule has 2 aromatic heterocycles. The van der Waals surface area contributed by atoms with Crippen molar-refractivity contribution in [2.45, 2.75) is 39.5 Å². The van der Waals surface area contributed by atoms with Crippen molar-refractivity contribution in [2.75, 3.05) is 13.7 Å². The number of carbonyl (C=O) groups is 1. The molecule has 8 heteroatoms. The van der Waals surface area contributed by atoms with Gasteiger partial charge in [0.2, 0.25) is 5.82 Å². The summed E-state index contributed by atoms with van der Waals surface area (Å²) in [6.07, 6.45) is -3.86. The molecule has 3 rings (SSSR count). The number of ketones is 1. The van der Waals surface area contributed by atoms with Gasteiger partial charge < -0.3 is 13.9 Å². The lowest BCUT2D eigenvalue weighted by atomic mass is 10.1. The molecule has 0 spiro atoms. The highest BCUT2D eigenvalue weighted by molar-refractivity contribution is 5.98. The van der Waals surface area contributed by atoms with Gasteiger partial charge in [0.25, 0.3) is 0 Å². The van der Waals surface area contributed by atoms with Crippen molar-refractivity contribution in [3.8, 4) is 0 Å². The number of aromatic nitrogens is 3. The van der Waals surface area contributed by atoms with Crippen LogP contribution in [0, 0.1) is 13.8 Å². The van der Waals surface area contributed by atoms with E-state index in [9.17, 15) is 18.0 Å². The Labute approximate surface area is 160 Å². The molecule has 2 heterocycles. The second-order valence-electron chi connectivity index (χ2n) is 6.71. The number of methoxy groups -OCH3 is 1. The largest absolute Gasteiger partial charge is 0.449 e. The summed E-state index contributed by atoms with van der Waals surface area (Å²) in [5.74, 6) is -1.43. The topological polar surface area (TPSA) is 49.0 Å². The molecule has 0 fully saturated rings. The van der Waals surface area contributed by atoms with Crippen LogP contribution >= 0.6 is 0 Å². The van der Waals surface area contributed by atoms with Crippen LogP contribution in [0.1, 0.15) is 34.0 Å². The number of alkyl halides is 3. The number of nitrogens with zero attached hydrogens (tertiary/aromatic N) is 3. The monoisotopic (exact) mass is 393 g/mol. The number of benzene rings is 1. The van der Waals surface area contributed by atoms with Crippen LogP contribution in [0.3, 0.4) is 0 Å². The summed E-state index contributed by atoms with van der Waals surface area (Å²) in [7, 11) is 1.62. The Kier molecular flexibility index (Phi) is 5.60. The van der Waals surface area contributed by atoms with E-state index in [2.05, 4.69) is 4.98 Å². The summed E-state index contributed by atoms with van der Waals surface area (Å²) >= 11 is 0. The van der Waals surface area contributed by atoms with Gasteiger partial charge in [-0.15, -0.1) is 0 Å². The minimum atomic E-state index is -4.64. The molecule has 0 N–H and O–H groups in total. The van der Waals surface area contributed by atoms with E-state index in [-0.39, 0.29) is 16.8 Å². The Bertz CT molecular complexity index is 1000. The number of fused-ring (bicyclic) bond motifs is 1. The fourth-order valence-corrected chi connectivity index (χ4v) is 3.48. The molecule has 0 bridgehead atoms. The zero-order valence-electron chi connectivity index (χ0n) is 16.0. The van der Waals surface area contributed by atoms with E-state index in [1.54, 1.807) is 31.4 Å². The maximum atomic E-state index is 13.4. The van der Waals surface area contributed by atoms with Crippen molar-refractivity contribution < 1.29 is 22.7 Å². The smallest absolute Gasteiger partial charge is 0.385 e. The van der Waals surface area contributed by atoms with Crippen molar-refractivity contribution in [1.82, 2.24) is 14.1 Å². The Morgan fingerprint density at radius 3 is 2.57 bits per heavy atom. The van der Waals surface area contributed by atoms with Crippen LogP contribution in [-0.4, -0.2) is 33.6 Å². The highest BCUT2D eigenvalue weighted by atomic mass is 19.4. The van der Waals surface area contributed by atoms with Gasteiger partial charge in [-0.3, -0.25) is 4.79 Å². The Morgan fingerprint density at radius 1 is 1.18 bits per heavy atom. The van der Waals surface area contributed by atoms with E-state index in [1.807, 2.05) is 18.4 Å². The summed E-state index contributed by atoms with van der Waals surface area (Å²) in [6.45, 7) is 4.54. The second-order valence-corrected chi connectivity index (χ2v) is 6.71. The predicted octanol–water partition coefficient (Wildman–Crippen LogP) is 4.39. The molecule has 5 nitrogen and oxygen atoms in total. The maximum Gasteiger partial charge on any atom is 0.449 e. The molecule has 28 heavy (non-hydrogen) atoms. The summed E-state index contributed by atoms with van der Waals surface area (Å²) in [6, 6.07) is 8.03. The molecule has 0 saturated carbocycles. The number of carbonyl (C=O) groups excluding carboxylic acids is 1. The molecular weight excluding hydrogens is 371 g/mol. The molecule has 0 saturated heterocycles. The first-order chi connectivity index (χ1) is 13.2. The number of para-hydroxylation sites is 2. The van der Waals surface area contributed by atoms with Crippen molar-refractivity contribution >= 4 is 16.8 Å². The molecule has 3 aromatic rings. The van der Waals surface area contributed by atoms with E-state index >= 15 is 0 Å². The van der Waals surface area contributed by atoms with Gasteiger partial charge in [-0.05, 0) is 38.5 Å². The third kappa shape index (κ3) is 3.82. The second kappa shape index (κ2) is 7.79. The zero-order valence-corrected chi connectivity index (χ0v) is 16.0. The van der Waals surface area contributed by atoms with Crippen molar-refractivity contribution in [1.29, 1.82) is 0 Å². The highest BCUT2D eigenvalue weighted by Gasteiger charge is 2.38. The van der Waals surface area contributed by atoms with E-state index in [0.29, 0.717) is 18.7 Å². The zero-order chi connectivity index (χ0) is 20.5. The van der Waals surface area contributed by atoms with E-state index in [0.717, 1.165) is 22.4 Å². The van der Waals surface area contributed by atoms with E-state index < -0.39 is 18.5 Å². The highest BCUT2D eigenvalue weighted by Crippen LogP contribution is 2.32. The minimum absolute atomic E-state index is 0.215. The van der Waals surface area contributed by atoms with Crippen LogP contribution < -0.4 is 0 Å². The van der Waals surface area contributed by atoms with E-state index in [1.165, 1.54) is 6.07 Å². The van der Waals surface area contributed by atoms with Gasteiger partial charge in [-0.1, -0.05) is 12.1 Å². The van der Waals surface area contributed by atoms with Gasteiger partial charge in [-0.25, -0.2) is 4.98 Å². The number of imidazole rings is 1.